The van der Waals surface area contributed by atoms with Crippen LogP contribution >= 0.6 is 12.4 Å². The Balaban J connectivity index is 0.00000341. The molecule has 0 atom stereocenters. The van der Waals surface area contributed by atoms with Crippen molar-refractivity contribution in [2.75, 3.05) is 18.5 Å². The minimum Gasteiger partial charge on any atom is -0.494 e. The van der Waals surface area contributed by atoms with E-state index in [1.165, 1.54) is 4.68 Å². The van der Waals surface area contributed by atoms with Gasteiger partial charge in [-0.2, -0.15) is 9.78 Å². The van der Waals surface area contributed by atoms with Gasteiger partial charge in [0, 0.05) is 17.3 Å². The van der Waals surface area contributed by atoms with Crippen LogP contribution in [0.2, 0.25) is 0 Å². The maximum atomic E-state index is 12.4. The van der Waals surface area contributed by atoms with Crippen molar-refractivity contribution in [3.8, 4) is 17.4 Å². The topological polar surface area (TPSA) is 111 Å². The number of aromatic amines is 1. The van der Waals surface area contributed by atoms with Gasteiger partial charge in [-0.1, -0.05) is 6.92 Å². The average Bonchev–Trinajstić information content (AvgIpc) is 3.07. The summed E-state index contributed by atoms with van der Waals surface area (Å²) >= 11 is 0. The zero-order valence-corrected chi connectivity index (χ0v) is 18.7. The highest BCUT2D eigenvalue weighted by atomic mass is 35.5. The molecule has 2 heterocycles. The second kappa shape index (κ2) is 10.6. The van der Waals surface area contributed by atoms with Gasteiger partial charge < -0.3 is 14.8 Å². The van der Waals surface area contributed by atoms with Crippen LogP contribution in [-0.4, -0.2) is 38.9 Å². The average molecular weight is 448 g/mol. The lowest BCUT2D eigenvalue weighted by Gasteiger charge is -2.11. The molecule has 31 heavy (non-hydrogen) atoms. The SMILES string of the molecule is CCOc1ccc(OCC(=O)Nc2cc(C)nn2-c2nc(C)c(CC)c(=O)[nH]2)cc1.Cl. The van der Waals surface area contributed by atoms with Crippen LogP contribution < -0.4 is 20.3 Å². The molecule has 2 N–H and O–H groups in total. The second-order valence-electron chi connectivity index (χ2n) is 6.63. The summed E-state index contributed by atoms with van der Waals surface area (Å²) < 4.78 is 12.3. The van der Waals surface area contributed by atoms with Crippen molar-refractivity contribution in [2.24, 2.45) is 0 Å². The number of nitrogens with zero attached hydrogens (tertiary/aromatic N) is 3. The van der Waals surface area contributed by atoms with Gasteiger partial charge in [0.15, 0.2) is 6.61 Å². The van der Waals surface area contributed by atoms with Crippen LogP contribution in [0.3, 0.4) is 0 Å². The summed E-state index contributed by atoms with van der Waals surface area (Å²) in [5.74, 6) is 1.55. The number of H-pyrrole nitrogens is 1. The van der Waals surface area contributed by atoms with Crippen molar-refractivity contribution in [1.82, 2.24) is 19.7 Å². The number of halogens is 1. The molecule has 0 saturated carbocycles. The van der Waals surface area contributed by atoms with Crippen molar-refractivity contribution in [1.29, 1.82) is 0 Å². The lowest BCUT2D eigenvalue weighted by atomic mass is 10.2. The normalized spacial score (nSPS) is 10.3. The number of hydrogen-bond acceptors (Lipinski definition) is 6. The number of carbonyl (C=O) groups is 1. The number of hydrogen-bond donors (Lipinski definition) is 2. The number of aryl methyl sites for hydroxylation is 2. The molecule has 166 valence electrons. The van der Waals surface area contributed by atoms with E-state index in [-0.39, 0.29) is 36.4 Å². The summed E-state index contributed by atoms with van der Waals surface area (Å²) in [5.41, 5.74) is 1.69. The molecule has 0 spiro atoms. The molecule has 0 saturated heterocycles. The molecule has 0 radical (unpaired) electrons. The summed E-state index contributed by atoms with van der Waals surface area (Å²) in [7, 11) is 0. The van der Waals surface area contributed by atoms with Crippen molar-refractivity contribution in [3.63, 3.8) is 0 Å². The number of benzene rings is 1. The number of rotatable bonds is 8. The van der Waals surface area contributed by atoms with Gasteiger partial charge in [0.1, 0.15) is 17.3 Å². The first-order valence-corrected chi connectivity index (χ1v) is 9.73. The first-order chi connectivity index (χ1) is 14.4. The van der Waals surface area contributed by atoms with Gasteiger partial charge in [0.05, 0.1) is 12.3 Å². The molecule has 1 amide bonds. The molecule has 0 fully saturated rings. The minimum atomic E-state index is -0.366. The van der Waals surface area contributed by atoms with E-state index < -0.39 is 0 Å². The highest BCUT2D eigenvalue weighted by Gasteiger charge is 2.15. The Labute approximate surface area is 186 Å². The number of ether oxygens (including phenoxy) is 2. The minimum absolute atomic E-state index is 0. The van der Waals surface area contributed by atoms with Gasteiger partial charge in [-0.05, 0) is 51.5 Å². The smallest absolute Gasteiger partial charge is 0.263 e. The van der Waals surface area contributed by atoms with Crippen LogP contribution in [0.1, 0.15) is 30.8 Å². The molecule has 0 unspecified atom stereocenters. The summed E-state index contributed by atoms with van der Waals surface area (Å²) in [6.45, 7) is 7.76. The zero-order chi connectivity index (χ0) is 21.7. The van der Waals surface area contributed by atoms with E-state index in [1.54, 1.807) is 44.2 Å². The van der Waals surface area contributed by atoms with Crippen molar-refractivity contribution in [2.45, 2.75) is 34.1 Å². The predicted octanol–water partition coefficient (Wildman–Crippen LogP) is 2.97. The van der Waals surface area contributed by atoms with Gasteiger partial charge in [0.25, 0.3) is 11.5 Å². The van der Waals surface area contributed by atoms with Crippen LogP contribution in [0.4, 0.5) is 5.82 Å². The predicted molar refractivity (Wildman–Crippen MR) is 120 cm³/mol. The molecular weight excluding hydrogens is 422 g/mol. The Morgan fingerprint density at radius 2 is 1.77 bits per heavy atom. The molecule has 2 aromatic heterocycles. The monoisotopic (exact) mass is 447 g/mol. The van der Waals surface area contributed by atoms with Crippen molar-refractivity contribution >= 4 is 24.1 Å². The van der Waals surface area contributed by atoms with Gasteiger partial charge in [0.2, 0.25) is 5.95 Å². The van der Waals surface area contributed by atoms with Gasteiger partial charge in [-0.3, -0.25) is 14.6 Å². The summed E-state index contributed by atoms with van der Waals surface area (Å²) in [4.78, 5) is 31.8. The molecule has 3 aromatic rings. The molecule has 0 aliphatic rings. The van der Waals surface area contributed by atoms with Gasteiger partial charge in [-0.25, -0.2) is 4.98 Å². The van der Waals surface area contributed by atoms with E-state index in [1.807, 2.05) is 13.8 Å². The lowest BCUT2D eigenvalue weighted by molar-refractivity contribution is -0.118. The Bertz CT molecular complexity index is 1090. The Morgan fingerprint density at radius 3 is 2.35 bits per heavy atom. The Morgan fingerprint density at radius 1 is 1.13 bits per heavy atom. The quantitative estimate of drug-likeness (QED) is 0.549. The molecular formula is C21H26ClN5O4. The molecule has 1 aromatic carbocycles. The van der Waals surface area contributed by atoms with Crippen LogP contribution in [0.15, 0.2) is 35.1 Å². The first-order valence-electron chi connectivity index (χ1n) is 9.73. The van der Waals surface area contributed by atoms with E-state index >= 15 is 0 Å². The van der Waals surface area contributed by atoms with Crippen LogP contribution in [-0.2, 0) is 11.2 Å². The third kappa shape index (κ3) is 5.85. The highest BCUT2D eigenvalue weighted by molar-refractivity contribution is 5.91. The maximum absolute atomic E-state index is 12.4. The fourth-order valence-electron chi connectivity index (χ4n) is 2.99. The Kier molecular flexibility index (Phi) is 8.21. The molecule has 10 heteroatoms. The molecule has 0 aliphatic heterocycles. The molecule has 0 aliphatic carbocycles. The van der Waals surface area contributed by atoms with Crippen LogP contribution in [0, 0.1) is 13.8 Å². The number of carbonyl (C=O) groups excluding carboxylic acids is 1. The summed E-state index contributed by atoms with van der Waals surface area (Å²) in [6.07, 6.45) is 0.582. The van der Waals surface area contributed by atoms with E-state index in [0.717, 1.165) is 5.75 Å². The van der Waals surface area contributed by atoms with Gasteiger partial charge in [-0.15, -0.1) is 12.4 Å². The molecule has 9 nitrogen and oxygen atoms in total. The number of anilines is 1. The number of aromatic nitrogens is 4. The Hall–Kier alpha value is -3.33. The van der Waals surface area contributed by atoms with Crippen LogP contribution in [0.25, 0.3) is 5.95 Å². The number of amides is 1. The van der Waals surface area contributed by atoms with E-state index in [2.05, 4.69) is 20.4 Å². The fraction of sp³-hybridized carbons (Fsp3) is 0.333. The van der Waals surface area contributed by atoms with Crippen LogP contribution in [0.5, 0.6) is 11.5 Å². The van der Waals surface area contributed by atoms with E-state index in [4.69, 9.17) is 9.47 Å². The first kappa shape index (κ1) is 23.9. The van der Waals surface area contributed by atoms with E-state index in [9.17, 15) is 9.59 Å². The number of nitrogens with one attached hydrogen (secondary N) is 2. The highest BCUT2D eigenvalue weighted by Crippen LogP contribution is 2.18. The second-order valence-corrected chi connectivity index (χ2v) is 6.63. The third-order valence-electron chi connectivity index (χ3n) is 4.37. The zero-order valence-electron chi connectivity index (χ0n) is 17.9. The van der Waals surface area contributed by atoms with Crippen molar-refractivity contribution in [3.05, 3.63) is 57.6 Å². The summed E-state index contributed by atoms with van der Waals surface area (Å²) in [6, 6.07) is 8.72. The summed E-state index contributed by atoms with van der Waals surface area (Å²) in [5, 5.41) is 7.08. The maximum Gasteiger partial charge on any atom is 0.263 e. The largest absolute Gasteiger partial charge is 0.494 e. The van der Waals surface area contributed by atoms with E-state index in [0.29, 0.717) is 41.5 Å². The molecule has 3 rings (SSSR count). The van der Waals surface area contributed by atoms with Gasteiger partial charge >= 0.3 is 0 Å². The van der Waals surface area contributed by atoms with Crippen molar-refractivity contribution < 1.29 is 14.3 Å². The molecule has 0 bridgehead atoms. The fourth-order valence-corrected chi connectivity index (χ4v) is 2.99. The third-order valence-corrected chi connectivity index (χ3v) is 4.37. The lowest BCUT2D eigenvalue weighted by Crippen LogP contribution is -2.24. The standard InChI is InChI=1S/C21H25N5O4.ClH/c1-5-17-14(4)22-21(24-20(17)28)26-18(11-13(3)25-26)23-19(27)12-30-16-9-7-15(8-10-16)29-6-2;/h7-11H,5-6,12H2,1-4H3,(H,23,27)(H,22,24,28);1H.